The highest BCUT2D eigenvalue weighted by molar-refractivity contribution is 5.96. The van der Waals surface area contributed by atoms with Gasteiger partial charge in [0.05, 0.1) is 0 Å². The van der Waals surface area contributed by atoms with E-state index in [-0.39, 0.29) is 24.2 Å². The highest BCUT2D eigenvalue weighted by Crippen LogP contribution is 2.30. The molecule has 1 atom stereocenters. The first-order chi connectivity index (χ1) is 12.0. The maximum Gasteiger partial charge on any atom is 0.227 e. The summed E-state index contributed by atoms with van der Waals surface area (Å²) in [6.45, 7) is 0.551. The molecule has 2 aromatic carbocycles. The number of benzene rings is 2. The minimum absolute atomic E-state index is 0.00531. The van der Waals surface area contributed by atoms with Crippen molar-refractivity contribution in [2.24, 2.45) is 13.0 Å². The fourth-order valence-corrected chi connectivity index (χ4v) is 3.37. The first-order valence-corrected chi connectivity index (χ1v) is 8.19. The lowest BCUT2D eigenvalue weighted by molar-refractivity contribution is -0.117. The van der Waals surface area contributed by atoms with Crippen LogP contribution in [0.4, 0.5) is 10.1 Å². The molecule has 1 aliphatic heterocycles. The summed E-state index contributed by atoms with van der Waals surface area (Å²) in [5, 5.41) is 14.1. The summed E-state index contributed by atoms with van der Waals surface area (Å²) in [6.07, 6.45) is 2.16. The van der Waals surface area contributed by atoms with Crippen LogP contribution in [0, 0.1) is 11.7 Å². The van der Waals surface area contributed by atoms with Gasteiger partial charge in [-0.3, -0.25) is 9.48 Å². The Morgan fingerprint density at radius 2 is 2.00 bits per heavy atom. The van der Waals surface area contributed by atoms with Crippen molar-refractivity contribution in [3.05, 3.63) is 48.4 Å². The van der Waals surface area contributed by atoms with E-state index < -0.39 is 0 Å². The molecule has 1 saturated heterocycles. The summed E-state index contributed by atoms with van der Waals surface area (Å²) in [6, 6.07) is 10.9. The molecule has 1 aliphatic rings. The van der Waals surface area contributed by atoms with E-state index in [1.54, 1.807) is 22.8 Å². The summed E-state index contributed by atoms with van der Waals surface area (Å²) in [4.78, 5) is 13.7. The number of anilines is 1. The molecule has 1 N–H and O–H groups in total. The molecular weight excluding hydrogens is 321 g/mol. The summed E-state index contributed by atoms with van der Waals surface area (Å²) in [5.74, 6) is -0.332. The number of aromatic nitrogens is 2. The zero-order valence-corrected chi connectivity index (χ0v) is 13.8. The zero-order valence-electron chi connectivity index (χ0n) is 13.8. The Bertz CT molecular complexity index is 949. The van der Waals surface area contributed by atoms with Crippen LogP contribution in [0.5, 0.6) is 0 Å². The Morgan fingerprint density at radius 1 is 1.24 bits per heavy atom. The van der Waals surface area contributed by atoms with Gasteiger partial charge in [-0.25, -0.2) is 4.39 Å². The van der Waals surface area contributed by atoms with E-state index in [2.05, 4.69) is 5.10 Å². The third-order valence-corrected chi connectivity index (χ3v) is 4.65. The van der Waals surface area contributed by atoms with E-state index in [1.165, 1.54) is 6.07 Å². The number of hydrogen-bond donors (Lipinski definition) is 1. The van der Waals surface area contributed by atoms with Crippen LogP contribution in [0.15, 0.2) is 42.6 Å². The fraction of sp³-hybridized carbons (Fsp3) is 0.263. The molecule has 4 rings (SSSR count). The van der Waals surface area contributed by atoms with Crippen LogP contribution in [-0.2, 0) is 11.8 Å². The molecule has 3 aromatic rings. The predicted octanol–water partition coefficient (Wildman–Crippen LogP) is 2.72. The van der Waals surface area contributed by atoms with Crippen LogP contribution in [0.1, 0.15) is 6.42 Å². The van der Waals surface area contributed by atoms with Crippen molar-refractivity contribution < 1.29 is 14.3 Å². The molecule has 6 heteroatoms. The lowest BCUT2D eigenvalue weighted by Gasteiger charge is -2.17. The number of amides is 1. The molecule has 0 aliphatic carbocycles. The monoisotopic (exact) mass is 339 g/mol. The predicted molar refractivity (Wildman–Crippen MR) is 93.7 cm³/mol. The Labute approximate surface area is 144 Å². The smallest absolute Gasteiger partial charge is 0.227 e. The molecule has 0 bridgehead atoms. The molecule has 0 saturated carbocycles. The normalized spacial score (nSPS) is 17.6. The van der Waals surface area contributed by atoms with Gasteiger partial charge < -0.3 is 10.0 Å². The number of halogens is 1. The standard InChI is InChI=1S/C19H18FN3O2/c1-22-10-15-7-14(8-17(20)19(15)21-22)13-2-4-16(5-3-13)23-9-12(11-24)6-18(23)25/h2-5,7-8,10,12,24H,6,9,11H2,1H3. The number of hydrogen-bond acceptors (Lipinski definition) is 3. The van der Waals surface area contributed by atoms with Crippen molar-refractivity contribution in [3.8, 4) is 11.1 Å². The quantitative estimate of drug-likeness (QED) is 0.798. The minimum atomic E-state index is -0.349. The van der Waals surface area contributed by atoms with E-state index >= 15 is 0 Å². The Hall–Kier alpha value is -2.73. The summed E-state index contributed by atoms with van der Waals surface area (Å²) >= 11 is 0. The molecule has 1 aromatic heterocycles. The molecule has 0 spiro atoms. The van der Waals surface area contributed by atoms with Gasteiger partial charge in [0.2, 0.25) is 5.91 Å². The van der Waals surface area contributed by atoms with Gasteiger partial charge in [-0.2, -0.15) is 5.10 Å². The van der Waals surface area contributed by atoms with Crippen molar-refractivity contribution >= 4 is 22.5 Å². The van der Waals surface area contributed by atoms with Gasteiger partial charge in [-0.05, 0) is 35.4 Å². The molecular formula is C19H18FN3O2. The zero-order chi connectivity index (χ0) is 17.6. The second-order valence-electron chi connectivity index (χ2n) is 6.50. The lowest BCUT2D eigenvalue weighted by Crippen LogP contribution is -2.24. The van der Waals surface area contributed by atoms with Crippen LogP contribution in [0.25, 0.3) is 22.0 Å². The van der Waals surface area contributed by atoms with Crippen LogP contribution >= 0.6 is 0 Å². The number of aliphatic hydroxyl groups excluding tert-OH is 1. The molecule has 128 valence electrons. The number of rotatable bonds is 3. The van der Waals surface area contributed by atoms with E-state index in [9.17, 15) is 14.3 Å². The largest absolute Gasteiger partial charge is 0.396 e. The number of aliphatic hydroxyl groups is 1. The van der Waals surface area contributed by atoms with Gasteiger partial charge in [0, 0.05) is 49.8 Å². The number of carbonyl (C=O) groups is 1. The fourth-order valence-electron chi connectivity index (χ4n) is 3.37. The van der Waals surface area contributed by atoms with Gasteiger partial charge in [-0.1, -0.05) is 12.1 Å². The van der Waals surface area contributed by atoms with Gasteiger partial charge >= 0.3 is 0 Å². The SMILES string of the molecule is Cn1cc2cc(-c3ccc(N4CC(CO)CC4=O)cc3)cc(F)c2n1. The third-order valence-electron chi connectivity index (χ3n) is 4.65. The average molecular weight is 339 g/mol. The van der Waals surface area contributed by atoms with Crippen LogP contribution in [0.2, 0.25) is 0 Å². The molecule has 0 radical (unpaired) electrons. The van der Waals surface area contributed by atoms with Gasteiger partial charge in [0.1, 0.15) is 5.52 Å². The van der Waals surface area contributed by atoms with E-state index in [1.807, 2.05) is 30.3 Å². The summed E-state index contributed by atoms with van der Waals surface area (Å²) in [7, 11) is 1.76. The maximum atomic E-state index is 14.3. The van der Waals surface area contributed by atoms with E-state index in [4.69, 9.17) is 0 Å². The number of fused-ring (bicyclic) bond motifs is 1. The van der Waals surface area contributed by atoms with Crippen LogP contribution < -0.4 is 4.90 Å². The highest BCUT2D eigenvalue weighted by atomic mass is 19.1. The number of carbonyl (C=O) groups excluding carboxylic acids is 1. The second kappa shape index (κ2) is 5.97. The molecule has 5 nitrogen and oxygen atoms in total. The first kappa shape index (κ1) is 15.8. The summed E-state index contributed by atoms with van der Waals surface area (Å²) in [5.41, 5.74) is 2.80. The van der Waals surface area contributed by atoms with Gasteiger partial charge in [0.15, 0.2) is 5.82 Å². The van der Waals surface area contributed by atoms with Crippen LogP contribution in [0.3, 0.4) is 0 Å². The minimum Gasteiger partial charge on any atom is -0.396 e. The lowest BCUT2D eigenvalue weighted by atomic mass is 10.0. The van der Waals surface area contributed by atoms with Crippen molar-refractivity contribution in [1.82, 2.24) is 9.78 Å². The maximum absolute atomic E-state index is 14.3. The van der Waals surface area contributed by atoms with Crippen molar-refractivity contribution in [1.29, 1.82) is 0 Å². The molecule has 25 heavy (non-hydrogen) atoms. The molecule has 1 fully saturated rings. The average Bonchev–Trinajstić information content (AvgIpc) is 3.17. The topological polar surface area (TPSA) is 58.4 Å². The van der Waals surface area contributed by atoms with Crippen LogP contribution in [-0.4, -0.2) is 33.9 Å². The third kappa shape index (κ3) is 2.78. The van der Waals surface area contributed by atoms with E-state index in [0.717, 1.165) is 22.2 Å². The first-order valence-electron chi connectivity index (χ1n) is 8.19. The van der Waals surface area contributed by atoms with Gasteiger partial charge in [0.25, 0.3) is 0 Å². The van der Waals surface area contributed by atoms with Crippen molar-refractivity contribution in [3.63, 3.8) is 0 Å². The Kier molecular flexibility index (Phi) is 3.77. The summed E-state index contributed by atoms with van der Waals surface area (Å²) < 4.78 is 15.8. The number of nitrogens with zero attached hydrogens (tertiary/aromatic N) is 3. The van der Waals surface area contributed by atoms with E-state index in [0.29, 0.717) is 18.5 Å². The molecule has 1 amide bonds. The molecule has 2 heterocycles. The molecule has 1 unspecified atom stereocenters. The van der Waals surface area contributed by atoms with Gasteiger partial charge in [-0.15, -0.1) is 0 Å². The van der Waals surface area contributed by atoms with Crippen molar-refractivity contribution in [2.75, 3.05) is 18.1 Å². The van der Waals surface area contributed by atoms with Crippen molar-refractivity contribution in [2.45, 2.75) is 6.42 Å². The number of aryl methyl sites for hydroxylation is 1. The highest BCUT2D eigenvalue weighted by Gasteiger charge is 2.29. The Balaban J connectivity index is 1.65. The second-order valence-corrected chi connectivity index (χ2v) is 6.50. The Morgan fingerprint density at radius 3 is 2.68 bits per heavy atom.